The molecule has 5 rings (SSSR count). The monoisotopic (exact) mass is 290 g/mol. The molecule has 0 fully saturated rings. The molecule has 1 aromatic carbocycles. The van der Waals surface area contributed by atoms with Crippen molar-refractivity contribution >= 4 is 22.1 Å². The average Bonchev–Trinajstić information content (AvgIpc) is 3.21. The molecule has 2 N–H and O–H groups in total. The number of aromatic amines is 2. The molecule has 3 heterocycles. The van der Waals surface area contributed by atoms with E-state index in [1.165, 1.54) is 11.1 Å². The Bertz CT molecular complexity index is 1040. The number of pyridine rings is 1. The van der Waals surface area contributed by atoms with E-state index in [4.69, 9.17) is 0 Å². The van der Waals surface area contributed by atoms with E-state index < -0.39 is 0 Å². The lowest BCUT2D eigenvalue weighted by Gasteiger charge is -2.11. The maximum absolute atomic E-state index is 12.5. The molecule has 0 atom stereocenters. The Morgan fingerprint density at radius 1 is 1.14 bits per heavy atom. The number of benzene rings is 1. The highest BCUT2D eigenvalue weighted by Gasteiger charge is 2.26. The number of nitrogens with one attached hydrogen (secondary N) is 2. The Balaban J connectivity index is 1.77. The van der Waals surface area contributed by atoms with Crippen LogP contribution in [-0.4, -0.2) is 19.5 Å². The number of hydrogen-bond acceptors (Lipinski definition) is 2. The van der Waals surface area contributed by atoms with Crippen molar-refractivity contribution in [1.29, 1.82) is 0 Å². The van der Waals surface area contributed by atoms with Crippen LogP contribution in [-0.2, 0) is 12.8 Å². The number of aromatic nitrogens is 4. The minimum absolute atomic E-state index is 0.0525. The quantitative estimate of drug-likeness (QED) is 0.566. The van der Waals surface area contributed by atoms with E-state index in [0.717, 1.165) is 34.9 Å². The molecule has 0 radical (unpaired) electrons. The number of imidazole rings is 1. The molecular weight excluding hydrogens is 276 g/mol. The summed E-state index contributed by atoms with van der Waals surface area (Å²) in [5.74, 6) is 0. The van der Waals surface area contributed by atoms with Crippen LogP contribution in [0.1, 0.15) is 17.2 Å². The summed E-state index contributed by atoms with van der Waals surface area (Å²) < 4.78 is 1.91. The summed E-state index contributed by atoms with van der Waals surface area (Å²) in [5.41, 5.74) is 5.20. The van der Waals surface area contributed by atoms with Crippen molar-refractivity contribution in [2.45, 2.75) is 18.9 Å². The summed E-state index contributed by atoms with van der Waals surface area (Å²) in [6.07, 6.45) is 5.39. The standard InChI is InChI=1S/C17H14N4O/c22-17-20-14-9-19-16-13(5-6-18-16)15(14)21(17)12-7-10-3-1-2-4-11(10)8-12/h1-6,9,12H,7-8H2,(H,18,19)(H,20,22). The molecule has 0 saturated carbocycles. The fourth-order valence-corrected chi connectivity index (χ4v) is 3.69. The third kappa shape index (κ3) is 1.48. The zero-order chi connectivity index (χ0) is 14.7. The molecule has 0 aliphatic heterocycles. The van der Waals surface area contributed by atoms with Crippen LogP contribution in [0.4, 0.5) is 0 Å². The predicted molar refractivity (Wildman–Crippen MR) is 85.1 cm³/mol. The predicted octanol–water partition coefficient (Wildman–Crippen LogP) is 2.55. The van der Waals surface area contributed by atoms with Gasteiger partial charge < -0.3 is 9.97 Å². The lowest BCUT2D eigenvalue weighted by atomic mass is 10.1. The first-order valence-electron chi connectivity index (χ1n) is 7.44. The maximum atomic E-state index is 12.5. The van der Waals surface area contributed by atoms with Gasteiger partial charge in [0.05, 0.1) is 17.2 Å². The lowest BCUT2D eigenvalue weighted by molar-refractivity contribution is 0.529. The van der Waals surface area contributed by atoms with E-state index in [-0.39, 0.29) is 11.7 Å². The van der Waals surface area contributed by atoms with Gasteiger partial charge >= 0.3 is 5.69 Å². The van der Waals surface area contributed by atoms with Crippen molar-refractivity contribution in [3.8, 4) is 0 Å². The van der Waals surface area contributed by atoms with E-state index in [1.54, 1.807) is 6.20 Å². The normalized spacial score (nSPS) is 14.9. The average molecular weight is 290 g/mol. The molecule has 1 aliphatic rings. The Morgan fingerprint density at radius 2 is 1.91 bits per heavy atom. The Labute approximate surface area is 125 Å². The Hall–Kier alpha value is -2.82. The van der Waals surface area contributed by atoms with Gasteiger partial charge in [-0.15, -0.1) is 0 Å². The van der Waals surface area contributed by atoms with Gasteiger partial charge in [0.25, 0.3) is 0 Å². The molecule has 0 saturated heterocycles. The minimum Gasteiger partial charge on any atom is -0.346 e. The highest BCUT2D eigenvalue weighted by atomic mass is 16.1. The molecule has 108 valence electrons. The molecule has 0 unspecified atom stereocenters. The van der Waals surface area contributed by atoms with Gasteiger partial charge in [0, 0.05) is 17.6 Å². The molecule has 0 bridgehead atoms. The number of rotatable bonds is 1. The molecule has 22 heavy (non-hydrogen) atoms. The largest absolute Gasteiger partial charge is 0.346 e. The van der Waals surface area contributed by atoms with Crippen molar-refractivity contribution in [1.82, 2.24) is 19.5 Å². The smallest absolute Gasteiger partial charge is 0.326 e. The molecule has 5 heteroatoms. The zero-order valence-corrected chi connectivity index (χ0v) is 11.8. The van der Waals surface area contributed by atoms with E-state index in [1.807, 2.05) is 16.8 Å². The van der Waals surface area contributed by atoms with Crippen LogP contribution in [0.2, 0.25) is 0 Å². The maximum Gasteiger partial charge on any atom is 0.326 e. The SMILES string of the molecule is O=c1[nH]c2cnc3[nH]ccc3c2n1C1Cc2ccccc2C1. The topological polar surface area (TPSA) is 66.5 Å². The van der Waals surface area contributed by atoms with Crippen molar-refractivity contribution in [3.05, 3.63) is 64.3 Å². The summed E-state index contributed by atoms with van der Waals surface area (Å²) in [6, 6.07) is 10.6. The summed E-state index contributed by atoms with van der Waals surface area (Å²) in [5, 5.41) is 0.992. The number of H-pyrrole nitrogens is 2. The number of hydrogen-bond donors (Lipinski definition) is 2. The van der Waals surface area contributed by atoms with Gasteiger partial charge in [-0.1, -0.05) is 24.3 Å². The van der Waals surface area contributed by atoms with Gasteiger partial charge in [0.15, 0.2) is 0 Å². The van der Waals surface area contributed by atoms with Crippen LogP contribution in [0, 0.1) is 0 Å². The van der Waals surface area contributed by atoms with Crippen molar-refractivity contribution in [3.63, 3.8) is 0 Å². The summed E-state index contributed by atoms with van der Waals surface area (Å²) in [7, 11) is 0. The van der Waals surface area contributed by atoms with Crippen LogP contribution in [0.15, 0.2) is 47.5 Å². The van der Waals surface area contributed by atoms with E-state index >= 15 is 0 Å². The Morgan fingerprint density at radius 3 is 2.68 bits per heavy atom. The van der Waals surface area contributed by atoms with Crippen molar-refractivity contribution in [2.75, 3.05) is 0 Å². The fourth-order valence-electron chi connectivity index (χ4n) is 3.69. The fraction of sp³-hybridized carbons (Fsp3) is 0.176. The minimum atomic E-state index is -0.0525. The summed E-state index contributed by atoms with van der Waals surface area (Å²) >= 11 is 0. The molecule has 0 amide bonds. The van der Waals surface area contributed by atoms with Crippen LogP contribution < -0.4 is 5.69 Å². The molecule has 3 aromatic heterocycles. The van der Waals surface area contributed by atoms with Gasteiger partial charge in [0.2, 0.25) is 0 Å². The van der Waals surface area contributed by atoms with Crippen LogP contribution in [0.3, 0.4) is 0 Å². The first kappa shape index (κ1) is 11.8. The van der Waals surface area contributed by atoms with Gasteiger partial charge in [-0.05, 0) is 30.0 Å². The van der Waals surface area contributed by atoms with Gasteiger partial charge in [-0.25, -0.2) is 9.78 Å². The second-order valence-electron chi connectivity index (χ2n) is 5.89. The number of fused-ring (bicyclic) bond motifs is 4. The highest BCUT2D eigenvalue weighted by molar-refractivity contribution is 6.00. The number of nitrogens with zero attached hydrogens (tertiary/aromatic N) is 2. The first-order valence-corrected chi connectivity index (χ1v) is 7.44. The van der Waals surface area contributed by atoms with E-state index in [0.29, 0.717) is 0 Å². The second-order valence-corrected chi connectivity index (χ2v) is 5.89. The lowest BCUT2D eigenvalue weighted by Crippen LogP contribution is -2.22. The van der Waals surface area contributed by atoms with Gasteiger partial charge in [-0.2, -0.15) is 0 Å². The van der Waals surface area contributed by atoms with Crippen LogP contribution >= 0.6 is 0 Å². The molecule has 1 aliphatic carbocycles. The molecule has 4 aromatic rings. The summed E-state index contributed by atoms with van der Waals surface area (Å²) in [4.78, 5) is 22.9. The van der Waals surface area contributed by atoms with E-state index in [2.05, 4.69) is 39.2 Å². The third-order valence-corrected chi connectivity index (χ3v) is 4.65. The highest BCUT2D eigenvalue weighted by Crippen LogP contribution is 2.32. The van der Waals surface area contributed by atoms with Crippen molar-refractivity contribution in [2.24, 2.45) is 0 Å². The van der Waals surface area contributed by atoms with Gasteiger partial charge in [0.1, 0.15) is 5.65 Å². The van der Waals surface area contributed by atoms with Crippen LogP contribution in [0.25, 0.3) is 22.1 Å². The van der Waals surface area contributed by atoms with Crippen LogP contribution in [0.5, 0.6) is 0 Å². The summed E-state index contributed by atoms with van der Waals surface area (Å²) in [6.45, 7) is 0. The third-order valence-electron chi connectivity index (χ3n) is 4.65. The second kappa shape index (κ2) is 4.10. The van der Waals surface area contributed by atoms with Gasteiger partial charge in [-0.3, -0.25) is 4.57 Å². The Kier molecular flexibility index (Phi) is 2.20. The first-order chi connectivity index (χ1) is 10.8. The zero-order valence-electron chi connectivity index (χ0n) is 11.8. The van der Waals surface area contributed by atoms with E-state index in [9.17, 15) is 4.79 Å². The molecular formula is C17H14N4O. The van der Waals surface area contributed by atoms with Crippen molar-refractivity contribution < 1.29 is 0 Å². The molecule has 0 spiro atoms. The molecule has 5 nitrogen and oxygen atoms in total.